The molecule has 0 bridgehead atoms. The Labute approximate surface area is 135 Å². The molecular formula is C14H11ClF3NO3S. The number of nitrogens with one attached hydrogen (secondary N) is 1. The molecule has 0 aromatic heterocycles. The van der Waals surface area contributed by atoms with Crippen molar-refractivity contribution in [3.8, 4) is 5.75 Å². The van der Waals surface area contributed by atoms with Gasteiger partial charge < -0.3 is 5.11 Å². The minimum atomic E-state index is -4.67. The van der Waals surface area contributed by atoms with E-state index in [0.29, 0.717) is 12.1 Å². The fourth-order valence-corrected chi connectivity index (χ4v) is 3.48. The molecule has 4 nitrogen and oxygen atoms in total. The molecule has 0 aliphatic heterocycles. The summed E-state index contributed by atoms with van der Waals surface area (Å²) in [6.07, 6.45) is -4.67. The number of aromatic hydroxyl groups is 1. The van der Waals surface area contributed by atoms with E-state index in [1.54, 1.807) is 6.92 Å². The lowest BCUT2D eigenvalue weighted by Crippen LogP contribution is -2.14. The van der Waals surface area contributed by atoms with Gasteiger partial charge >= 0.3 is 6.18 Å². The Kier molecular flexibility index (Phi) is 4.50. The molecule has 9 heteroatoms. The fraction of sp³-hybridized carbons (Fsp3) is 0.143. The Balaban J connectivity index is 2.45. The number of hydrogen-bond donors (Lipinski definition) is 2. The highest BCUT2D eigenvalue weighted by molar-refractivity contribution is 7.92. The van der Waals surface area contributed by atoms with Crippen molar-refractivity contribution in [1.82, 2.24) is 0 Å². The Morgan fingerprint density at radius 3 is 2.35 bits per heavy atom. The number of hydrogen-bond acceptors (Lipinski definition) is 3. The van der Waals surface area contributed by atoms with E-state index in [1.165, 1.54) is 18.2 Å². The summed E-state index contributed by atoms with van der Waals surface area (Å²) in [6, 6.07) is 6.04. The van der Waals surface area contributed by atoms with Crippen LogP contribution < -0.4 is 4.72 Å². The van der Waals surface area contributed by atoms with Gasteiger partial charge in [0.05, 0.1) is 16.3 Å². The number of aryl methyl sites for hydroxylation is 1. The van der Waals surface area contributed by atoms with Crippen LogP contribution in [0.3, 0.4) is 0 Å². The summed E-state index contributed by atoms with van der Waals surface area (Å²) in [5, 5.41) is 9.52. The Morgan fingerprint density at radius 2 is 1.78 bits per heavy atom. The van der Waals surface area contributed by atoms with Crippen LogP contribution in [0.4, 0.5) is 18.9 Å². The van der Waals surface area contributed by atoms with Crippen LogP contribution in [0.2, 0.25) is 5.02 Å². The molecular weight excluding hydrogens is 355 g/mol. The van der Waals surface area contributed by atoms with Crippen LogP contribution in [0.1, 0.15) is 11.1 Å². The van der Waals surface area contributed by atoms with Gasteiger partial charge in [0, 0.05) is 0 Å². The lowest BCUT2D eigenvalue weighted by Gasteiger charge is -2.13. The topological polar surface area (TPSA) is 66.4 Å². The molecule has 0 saturated heterocycles. The van der Waals surface area contributed by atoms with Crippen molar-refractivity contribution < 1.29 is 26.7 Å². The minimum Gasteiger partial charge on any atom is -0.506 e. The first kappa shape index (κ1) is 17.4. The van der Waals surface area contributed by atoms with E-state index < -0.39 is 33.2 Å². The number of alkyl halides is 3. The molecule has 0 aliphatic carbocycles. The highest BCUT2D eigenvalue weighted by Gasteiger charge is 2.31. The van der Waals surface area contributed by atoms with Gasteiger partial charge in [-0.15, -0.1) is 0 Å². The lowest BCUT2D eigenvalue weighted by molar-refractivity contribution is -0.137. The molecule has 0 fully saturated rings. The smallest absolute Gasteiger partial charge is 0.416 e. The van der Waals surface area contributed by atoms with E-state index in [2.05, 4.69) is 0 Å². The van der Waals surface area contributed by atoms with Gasteiger partial charge in [-0.2, -0.15) is 13.2 Å². The number of halogens is 4. The van der Waals surface area contributed by atoms with Crippen LogP contribution in [0.15, 0.2) is 41.3 Å². The molecule has 0 heterocycles. The average molecular weight is 366 g/mol. The molecule has 0 aliphatic rings. The van der Waals surface area contributed by atoms with Crippen LogP contribution in [0.25, 0.3) is 0 Å². The molecule has 0 unspecified atom stereocenters. The van der Waals surface area contributed by atoms with Crippen molar-refractivity contribution in [2.75, 3.05) is 4.72 Å². The van der Waals surface area contributed by atoms with Gasteiger partial charge in [0.2, 0.25) is 0 Å². The monoisotopic (exact) mass is 365 g/mol. The lowest BCUT2D eigenvalue weighted by atomic mass is 10.2. The van der Waals surface area contributed by atoms with Gasteiger partial charge in [-0.3, -0.25) is 4.72 Å². The maximum atomic E-state index is 12.7. The Morgan fingerprint density at radius 1 is 1.13 bits per heavy atom. The van der Waals surface area contributed by atoms with E-state index in [9.17, 15) is 26.7 Å². The van der Waals surface area contributed by atoms with Crippen LogP contribution in [0, 0.1) is 6.92 Å². The van der Waals surface area contributed by atoms with Gasteiger partial charge in [-0.05, 0) is 42.8 Å². The number of phenols is 1. The summed E-state index contributed by atoms with van der Waals surface area (Å²) in [7, 11) is -4.25. The molecule has 0 radical (unpaired) electrons. The number of sulfonamides is 1. The first-order valence-corrected chi connectivity index (χ1v) is 8.06. The third-order valence-corrected chi connectivity index (χ3v) is 4.79. The standard InChI is InChI=1S/C14H11ClF3NO3S/c1-8-2-5-13(10(15)6-8)23(21,22)19-11-7-9(14(16,17)18)3-4-12(11)20/h2-7,19-20H,1H3. The van der Waals surface area contributed by atoms with Crippen molar-refractivity contribution in [2.24, 2.45) is 0 Å². The van der Waals surface area contributed by atoms with Crippen molar-refractivity contribution in [2.45, 2.75) is 18.0 Å². The second-order valence-electron chi connectivity index (χ2n) is 4.77. The van der Waals surface area contributed by atoms with Crippen molar-refractivity contribution >= 4 is 27.3 Å². The van der Waals surface area contributed by atoms with Crippen molar-refractivity contribution in [3.05, 3.63) is 52.5 Å². The third kappa shape index (κ3) is 3.89. The molecule has 124 valence electrons. The molecule has 23 heavy (non-hydrogen) atoms. The van der Waals surface area contributed by atoms with E-state index in [-0.39, 0.29) is 9.92 Å². The van der Waals surface area contributed by atoms with Crippen LogP contribution in [-0.2, 0) is 16.2 Å². The summed E-state index contributed by atoms with van der Waals surface area (Å²) < 4.78 is 64.5. The largest absolute Gasteiger partial charge is 0.506 e. The molecule has 2 aromatic rings. The second kappa shape index (κ2) is 5.93. The van der Waals surface area contributed by atoms with Crippen molar-refractivity contribution in [3.63, 3.8) is 0 Å². The normalized spacial score (nSPS) is 12.2. The average Bonchev–Trinajstić information content (AvgIpc) is 2.39. The van der Waals surface area contributed by atoms with E-state index in [1.807, 2.05) is 4.72 Å². The Bertz CT molecular complexity index is 851. The second-order valence-corrected chi connectivity index (χ2v) is 6.83. The maximum Gasteiger partial charge on any atom is 0.416 e. The van der Waals surface area contributed by atoms with Crippen LogP contribution >= 0.6 is 11.6 Å². The number of phenolic OH excluding ortho intramolecular Hbond substituents is 1. The van der Waals surface area contributed by atoms with E-state index in [0.717, 1.165) is 11.6 Å². The summed E-state index contributed by atoms with van der Waals surface area (Å²) in [6.45, 7) is 1.70. The summed E-state index contributed by atoms with van der Waals surface area (Å²) >= 11 is 5.86. The molecule has 0 spiro atoms. The summed E-state index contributed by atoms with van der Waals surface area (Å²) in [5.41, 5.74) is -0.963. The fourth-order valence-electron chi connectivity index (χ4n) is 1.82. The molecule has 0 amide bonds. The summed E-state index contributed by atoms with van der Waals surface area (Å²) in [5.74, 6) is -0.634. The van der Waals surface area contributed by atoms with Crippen LogP contribution in [-0.4, -0.2) is 13.5 Å². The zero-order chi connectivity index (χ0) is 17.4. The number of benzene rings is 2. The quantitative estimate of drug-likeness (QED) is 0.802. The first-order chi connectivity index (χ1) is 10.5. The molecule has 2 N–H and O–H groups in total. The van der Waals surface area contributed by atoms with E-state index >= 15 is 0 Å². The van der Waals surface area contributed by atoms with E-state index in [4.69, 9.17) is 11.6 Å². The molecule has 2 rings (SSSR count). The first-order valence-electron chi connectivity index (χ1n) is 6.20. The van der Waals surface area contributed by atoms with Crippen LogP contribution in [0.5, 0.6) is 5.75 Å². The van der Waals surface area contributed by atoms with Gasteiger partial charge in [-0.25, -0.2) is 8.42 Å². The van der Waals surface area contributed by atoms with Gasteiger partial charge in [0.15, 0.2) is 0 Å². The summed E-state index contributed by atoms with van der Waals surface area (Å²) in [4.78, 5) is -0.304. The minimum absolute atomic E-state index is 0.0797. The molecule has 0 saturated carbocycles. The SMILES string of the molecule is Cc1ccc(S(=O)(=O)Nc2cc(C(F)(F)F)ccc2O)c(Cl)c1. The zero-order valence-corrected chi connectivity index (χ0v) is 13.2. The number of anilines is 1. The number of rotatable bonds is 3. The predicted molar refractivity (Wildman–Crippen MR) is 80.1 cm³/mol. The van der Waals surface area contributed by atoms with Crippen molar-refractivity contribution in [1.29, 1.82) is 0 Å². The predicted octanol–water partition coefficient (Wildman–Crippen LogP) is 4.17. The van der Waals surface area contributed by atoms with Gasteiger partial charge in [0.1, 0.15) is 10.6 Å². The molecule has 2 aromatic carbocycles. The maximum absolute atomic E-state index is 12.7. The van der Waals surface area contributed by atoms with Gasteiger partial charge in [0.25, 0.3) is 10.0 Å². The Hall–Kier alpha value is -1.93. The zero-order valence-electron chi connectivity index (χ0n) is 11.6. The highest BCUT2D eigenvalue weighted by Crippen LogP contribution is 2.35. The highest BCUT2D eigenvalue weighted by atomic mass is 35.5. The van der Waals surface area contributed by atoms with Gasteiger partial charge in [-0.1, -0.05) is 17.7 Å². The third-order valence-electron chi connectivity index (χ3n) is 2.95. The molecule has 0 atom stereocenters.